The van der Waals surface area contributed by atoms with Crippen LogP contribution in [-0.2, 0) is 10.0 Å². The monoisotopic (exact) mass is 417 g/mol. The van der Waals surface area contributed by atoms with E-state index in [0.29, 0.717) is 12.2 Å². The van der Waals surface area contributed by atoms with Gasteiger partial charge in [0.25, 0.3) is 5.69 Å². The molecule has 1 atom stereocenters. The highest BCUT2D eigenvalue weighted by Gasteiger charge is 2.30. The Morgan fingerprint density at radius 3 is 2.59 bits per heavy atom. The predicted octanol–water partition coefficient (Wildman–Crippen LogP) is 3.45. The molecule has 0 radical (unpaired) electrons. The maximum absolute atomic E-state index is 12.8. The molecule has 1 unspecified atom stereocenters. The lowest BCUT2D eigenvalue weighted by Crippen LogP contribution is -2.41. The molecule has 3 rings (SSSR count). The quantitative estimate of drug-likeness (QED) is 0.420. The minimum absolute atomic E-state index is 0.0147. The third-order valence-electron chi connectivity index (χ3n) is 5.03. The molecule has 1 heterocycles. The number of Topliss-reactive ketones (excluding diaryl/α,β-unsaturated/α-hetero) is 1. The van der Waals surface area contributed by atoms with Gasteiger partial charge in [-0.2, -0.15) is 4.31 Å². The van der Waals surface area contributed by atoms with Crippen molar-refractivity contribution in [2.75, 3.05) is 18.4 Å². The van der Waals surface area contributed by atoms with Crippen LogP contribution in [0, 0.1) is 10.1 Å². The molecule has 2 aromatic rings. The number of ketones is 1. The zero-order chi connectivity index (χ0) is 21.0. The second-order valence-corrected chi connectivity index (χ2v) is 8.96. The first kappa shape index (κ1) is 20.9. The van der Waals surface area contributed by atoms with Gasteiger partial charge in [0, 0.05) is 36.0 Å². The van der Waals surface area contributed by atoms with Crippen LogP contribution in [0.4, 0.5) is 11.4 Å². The average Bonchev–Trinajstić information content (AvgIpc) is 2.72. The summed E-state index contributed by atoms with van der Waals surface area (Å²) in [4.78, 5) is 22.8. The van der Waals surface area contributed by atoms with E-state index < -0.39 is 14.9 Å². The van der Waals surface area contributed by atoms with Crippen molar-refractivity contribution in [2.24, 2.45) is 0 Å². The number of carbonyl (C=O) groups is 1. The van der Waals surface area contributed by atoms with Gasteiger partial charge in [-0.05, 0) is 44.0 Å². The van der Waals surface area contributed by atoms with Crippen LogP contribution in [-0.4, -0.2) is 42.6 Å². The summed E-state index contributed by atoms with van der Waals surface area (Å²) in [6.45, 7) is 2.39. The minimum atomic E-state index is -3.54. The number of nitrogens with one attached hydrogen (secondary N) is 1. The topological polar surface area (TPSA) is 110 Å². The Morgan fingerprint density at radius 1 is 1.21 bits per heavy atom. The summed E-state index contributed by atoms with van der Waals surface area (Å²) in [6.07, 6.45) is 2.76. The zero-order valence-corrected chi connectivity index (χ0v) is 16.9. The average molecular weight is 417 g/mol. The third kappa shape index (κ3) is 4.80. The van der Waals surface area contributed by atoms with Crippen molar-refractivity contribution in [3.05, 3.63) is 64.2 Å². The molecule has 1 N–H and O–H groups in total. The van der Waals surface area contributed by atoms with Gasteiger partial charge in [-0.3, -0.25) is 14.9 Å². The summed E-state index contributed by atoms with van der Waals surface area (Å²) in [7, 11) is -3.54. The fraction of sp³-hybridized carbons (Fsp3) is 0.350. The molecule has 0 spiro atoms. The van der Waals surface area contributed by atoms with E-state index in [1.807, 2.05) is 6.92 Å². The highest BCUT2D eigenvalue weighted by molar-refractivity contribution is 7.89. The minimum Gasteiger partial charge on any atom is -0.378 e. The van der Waals surface area contributed by atoms with Gasteiger partial charge in [-0.1, -0.05) is 18.6 Å². The lowest BCUT2D eigenvalue weighted by molar-refractivity contribution is -0.384. The maximum Gasteiger partial charge on any atom is 0.270 e. The molecule has 1 fully saturated rings. The number of hydrogen-bond acceptors (Lipinski definition) is 6. The van der Waals surface area contributed by atoms with Crippen LogP contribution in [0.3, 0.4) is 0 Å². The Labute approximate surface area is 169 Å². The van der Waals surface area contributed by atoms with E-state index in [4.69, 9.17) is 0 Å². The molecule has 0 bridgehead atoms. The van der Waals surface area contributed by atoms with Crippen molar-refractivity contribution in [3.63, 3.8) is 0 Å². The summed E-state index contributed by atoms with van der Waals surface area (Å²) in [6, 6.07) is 11.8. The number of sulfonamides is 1. The van der Waals surface area contributed by atoms with Gasteiger partial charge >= 0.3 is 0 Å². The summed E-state index contributed by atoms with van der Waals surface area (Å²) in [5.74, 6) is -0.299. The number of nitrogens with zero attached hydrogens (tertiary/aromatic N) is 2. The Balaban J connectivity index is 1.65. The molecule has 0 amide bonds. The first-order chi connectivity index (χ1) is 13.8. The van der Waals surface area contributed by atoms with E-state index in [2.05, 4.69) is 5.32 Å². The van der Waals surface area contributed by atoms with Crippen molar-refractivity contribution < 1.29 is 18.1 Å². The van der Waals surface area contributed by atoms with E-state index in [1.54, 1.807) is 16.4 Å². The Hall–Kier alpha value is -2.78. The molecule has 0 saturated carbocycles. The van der Waals surface area contributed by atoms with Crippen molar-refractivity contribution in [1.82, 2.24) is 4.31 Å². The standard InChI is InChI=1S/C20H23N3O5S/c1-15-5-2-3-12-22(15)29(27,28)19-10-8-17(9-11-19)21-14-20(24)16-6-4-7-18(13-16)23(25)26/h4,6-11,13,15,21H,2-3,5,12,14H2,1H3. The molecule has 9 heteroatoms. The fourth-order valence-corrected chi connectivity index (χ4v) is 5.09. The summed E-state index contributed by atoms with van der Waals surface area (Å²) >= 11 is 0. The highest BCUT2D eigenvalue weighted by Crippen LogP contribution is 2.26. The number of nitro groups is 1. The molecule has 154 valence electrons. The zero-order valence-electron chi connectivity index (χ0n) is 16.1. The first-order valence-corrected chi connectivity index (χ1v) is 10.9. The first-order valence-electron chi connectivity index (χ1n) is 9.42. The number of anilines is 1. The number of benzene rings is 2. The van der Waals surface area contributed by atoms with Gasteiger partial charge in [0.2, 0.25) is 10.0 Å². The molecule has 2 aromatic carbocycles. The van der Waals surface area contributed by atoms with E-state index in [1.165, 1.54) is 36.4 Å². The number of non-ortho nitro benzene ring substituents is 1. The molecule has 1 aliphatic heterocycles. The fourth-order valence-electron chi connectivity index (χ4n) is 3.39. The van der Waals surface area contributed by atoms with Crippen LogP contribution in [0.1, 0.15) is 36.5 Å². The lowest BCUT2D eigenvalue weighted by atomic mass is 10.1. The van der Waals surface area contributed by atoms with Gasteiger partial charge in [0.05, 0.1) is 16.4 Å². The third-order valence-corrected chi connectivity index (χ3v) is 7.06. The van der Waals surface area contributed by atoms with Crippen molar-refractivity contribution in [1.29, 1.82) is 0 Å². The second kappa shape index (κ2) is 8.71. The van der Waals surface area contributed by atoms with Gasteiger partial charge in [-0.15, -0.1) is 0 Å². The number of piperidine rings is 1. The summed E-state index contributed by atoms with van der Waals surface area (Å²) in [5.41, 5.74) is 0.691. The lowest BCUT2D eigenvalue weighted by Gasteiger charge is -2.32. The Bertz CT molecular complexity index is 1010. The van der Waals surface area contributed by atoms with Gasteiger partial charge in [0.15, 0.2) is 5.78 Å². The Kier molecular flexibility index (Phi) is 6.29. The molecule has 1 saturated heterocycles. The van der Waals surface area contributed by atoms with Gasteiger partial charge < -0.3 is 5.32 Å². The molecular weight excluding hydrogens is 394 g/mol. The van der Waals surface area contributed by atoms with E-state index in [-0.39, 0.29) is 34.5 Å². The molecule has 1 aliphatic rings. The smallest absolute Gasteiger partial charge is 0.270 e. The Morgan fingerprint density at radius 2 is 1.93 bits per heavy atom. The van der Waals surface area contributed by atoms with Gasteiger partial charge in [0.1, 0.15) is 0 Å². The maximum atomic E-state index is 12.8. The normalized spacial score (nSPS) is 17.6. The highest BCUT2D eigenvalue weighted by atomic mass is 32.2. The molecule has 0 aromatic heterocycles. The van der Waals surface area contributed by atoms with Crippen LogP contribution in [0.15, 0.2) is 53.4 Å². The van der Waals surface area contributed by atoms with Crippen molar-refractivity contribution in [3.8, 4) is 0 Å². The van der Waals surface area contributed by atoms with Crippen LogP contribution in [0.2, 0.25) is 0 Å². The number of hydrogen-bond donors (Lipinski definition) is 1. The van der Waals surface area contributed by atoms with E-state index in [0.717, 1.165) is 19.3 Å². The summed E-state index contributed by atoms with van der Waals surface area (Å²) < 4.78 is 27.2. The SMILES string of the molecule is CC1CCCCN1S(=O)(=O)c1ccc(NCC(=O)c2cccc([N+](=O)[O-])c2)cc1. The largest absolute Gasteiger partial charge is 0.378 e. The van der Waals surface area contributed by atoms with Crippen LogP contribution in [0.5, 0.6) is 0 Å². The van der Waals surface area contributed by atoms with E-state index in [9.17, 15) is 23.3 Å². The van der Waals surface area contributed by atoms with Crippen LogP contribution >= 0.6 is 0 Å². The summed E-state index contributed by atoms with van der Waals surface area (Å²) in [5, 5.41) is 13.8. The van der Waals surface area contributed by atoms with Crippen molar-refractivity contribution >= 4 is 27.2 Å². The second-order valence-electron chi connectivity index (χ2n) is 7.07. The molecular formula is C20H23N3O5S. The van der Waals surface area contributed by atoms with Crippen LogP contribution in [0.25, 0.3) is 0 Å². The molecule has 29 heavy (non-hydrogen) atoms. The number of rotatable bonds is 7. The predicted molar refractivity (Wildman–Crippen MR) is 110 cm³/mol. The van der Waals surface area contributed by atoms with Crippen molar-refractivity contribution in [2.45, 2.75) is 37.1 Å². The molecule has 8 nitrogen and oxygen atoms in total. The van der Waals surface area contributed by atoms with E-state index >= 15 is 0 Å². The number of nitro benzene ring substituents is 1. The van der Waals surface area contributed by atoms with Crippen LogP contribution < -0.4 is 5.32 Å². The molecule has 0 aliphatic carbocycles. The van der Waals surface area contributed by atoms with Gasteiger partial charge in [-0.25, -0.2) is 8.42 Å². The number of carbonyl (C=O) groups excluding carboxylic acids is 1.